The van der Waals surface area contributed by atoms with E-state index >= 15 is 0 Å². The maximum atomic E-state index is 12.6. The summed E-state index contributed by atoms with van der Waals surface area (Å²) in [6.07, 6.45) is 8.87. The molecule has 0 saturated carbocycles. The molecule has 0 aromatic heterocycles. The zero-order chi connectivity index (χ0) is 18.4. The molecule has 4 nitrogen and oxygen atoms in total. The molecule has 146 valence electrons. The number of rotatable bonds is 15. The standard InChI is InChI=1S/C20H40N2O2.U/c1-7-8-9-10-11-12-13-20(23)22(15-14-21(5)6)16-19(4)17-24-18(2)3;/h19H,4,7-17H2,1-3,5-6H3;/q-2;+2. The van der Waals surface area contributed by atoms with E-state index in [2.05, 4.69) is 18.7 Å². The van der Waals surface area contributed by atoms with Crippen LogP contribution in [0.2, 0.25) is 0 Å². The first-order valence-electron chi connectivity index (χ1n) is 9.55. The Bertz CT molecular complexity index is 312. The molecule has 1 atom stereocenters. The Labute approximate surface area is 180 Å². The number of carbonyl (C=O) groups is 1. The Hall–Kier alpha value is 0.442. The van der Waals surface area contributed by atoms with Crippen LogP contribution in [0.15, 0.2) is 0 Å². The van der Waals surface area contributed by atoms with Crippen molar-refractivity contribution in [3.8, 4) is 0 Å². The molecule has 0 aromatic rings. The third-order valence-corrected chi connectivity index (χ3v) is 4.00. The van der Waals surface area contributed by atoms with Crippen molar-refractivity contribution in [3.05, 3.63) is 13.0 Å². The number of amides is 1. The number of hydrogen-bond acceptors (Lipinski definition) is 3. The number of likely N-dealkylation sites (N-methyl/N-ethyl adjacent to an activating group) is 1. The molecule has 0 rings (SSSR count). The predicted octanol–water partition coefficient (Wildman–Crippen LogP) is 4.17. The van der Waals surface area contributed by atoms with Crippen molar-refractivity contribution >= 4 is 5.91 Å². The summed E-state index contributed by atoms with van der Waals surface area (Å²) in [5.74, 6) is 0.369. The van der Waals surface area contributed by atoms with Crippen LogP contribution in [-0.2, 0) is 9.53 Å². The summed E-state index contributed by atoms with van der Waals surface area (Å²) in [6.45, 7) is 13.2. The van der Waals surface area contributed by atoms with Crippen LogP contribution in [0.25, 0.3) is 0 Å². The fourth-order valence-electron chi connectivity index (χ4n) is 2.50. The molecule has 0 aliphatic heterocycles. The molecule has 1 unspecified atom stereocenters. The summed E-state index contributed by atoms with van der Waals surface area (Å²) >= 11 is 0. The third-order valence-electron chi connectivity index (χ3n) is 4.00. The van der Waals surface area contributed by atoms with Crippen LogP contribution in [0, 0.1) is 50.1 Å². The van der Waals surface area contributed by atoms with Crippen molar-refractivity contribution in [2.45, 2.75) is 65.7 Å². The van der Waals surface area contributed by atoms with Crippen molar-refractivity contribution < 1.29 is 40.6 Å². The van der Waals surface area contributed by atoms with E-state index in [9.17, 15) is 4.79 Å². The van der Waals surface area contributed by atoms with Gasteiger partial charge in [-0.25, -0.2) is 6.10 Å². The number of carbonyl (C=O) groups excluding carboxylic acids is 1. The van der Waals surface area contributed by atoms with Crippen LogP contribution in [0.4, 0.5) is 0 Å². The second-order valence-corrected chi connectivity index (χ2v) is 7.25. The first-order chi connectivity index (χ1) is 11.4. The maximum Gasteiger partial charge on any atom is 2.00 e. The molecule has 0 saturated heterocycles. The van der Waals surface area contributed by atoms with Crippen LogP contribution in [0.5, 0.6) is 0 Å². The van der Waals surface area contributed by atoms with E-state index in [0.717, 1.165) is 32.0 Å². The third kappa shape index (κ3) is 17.6. The second-order valence-electron chi connectivity index (χ2n) is 7.25. The van der Waals surface area contributed by atoms with Crippen molar-refractivity contribution in [2.24, 2.45) is 5.92 Å². The molecule has 0 spiro atoms. The molecule has 0 bridgehead atoms. The topological polar surface area (TPSA) is 32.8 Å². The van der Waals surface area contributed by atoms with E-state index in [-0.39, 0.29) is 42.9 Å². The molecule has 25 heavy (non-hydrogen) atoms. The molecule has 5 heteroatoms. The minimum absolute atomic E-state index is 0. The second kappa shape index (κ2) is 17.8. The number of unbranched alkanes of at least 4 members (excludes halogenated alkanes) is 5. The molecule has 1 amide bonds. The van der Waals surface area contributed by atoms with E-state index in [1.165, 1.54) is 25.7 Å². The van der Waals surface area contributed by atoms with Gasteiger partial charge >= 0.3 is 31.1 Å². The van der Waals surface area contributed by atoms with Crippen LogP contribution in [0.1, 0.15) is 65.7 Å². The van der Waals surface area contributed by atoms with Crippen molar-refractivity contribution in [2.75, 3.05) is 40.3 Å². The fourth-order valence-corrected chi connectivity index (χ4v) is 2.50. The summed E-state index contributed by atoms with van der Waals surface area (Å²) in [5.41, 5.74) is 0. The first-order valence-corrected chi connectivity index (χ1v) is 9.55. The van der Waals surface area contributed by atoms with Crippen molar-refractivity contribution in [1.82, 2.24) is 9.80 Å². The van der Waals surface area contributed by atoms with Crippen molar-refractivity contribution in [1.29, 1.82) is 0 Å². The van der Waals surface area contributed by atoms with Crippen LogP contribution >= 0.6 is 0 Å². The van der Waals surface area contributed by atoms with Gasteiger partial charge in [-0.2, -0.15) is 13.8 Å². The van der Waals surface area contributed by atoms with Crippen molar-refractivity contribution in [3.63, 3.8) is 0 Å². The minimum atomic E-state index is 0. The minimum Gasteiger partial charge on any atom is -0.551 e. The van der Waals surface area contributed by atoms with E-state index in [4.69, 9.17) is 4.74 Å². The number of nitrogens with zero attached hydrogens (tertiary/aromatic N) is 2. The summed E-state index contributed by atoms with van der Waals surface area (Å²) in [5, 5.41) is 0. The van der Waals surface area contributed by atoms with Gasteiger partial charge in [0.1, 0.15) is 0 Å². The smallest absolute Gasteiger partial charge is 0.551 e. The number of ether oxygens (including phenoxy) is 1. The zero-order valence-corrected chi connectivity index (χ0v) is 21.4. The normalized spacial score (nSPS) is 12.3. The molecular weight excluding hydrogens is 538 g/mol. The van der Waals surface area contributed by atoms with E-state index < -0.39 is 0 Å². The fraction of sp³-hybridized carbons (Fsp3) is 0.850. The van der Waals surface area contributed by atoms with Gasteiger partial charge in [-0.3, -0.25) is 4.79 Å². The van der Waals surface area contributed by atoms with Gasteiger partial charge in [0.15, 0.2) is 0 Å². The molecule has 0 fully saturated rings. The van der Waals surface area contributed by atoms with Gasteiger partial charge < -0.3 is 21.5 Å². The number of hydrogen-bond donors (Lipinski definition) is 0. The van der Waals surface area contributed by atoms with Gasteiger partial charge in [-0.15, -0.1) is 5.92 Å². The Morgan fingerprint density at radius 2 is 1.68 bits per heavy atom. The van der Waals surface area contributed by atoms with E-state index in [0.29, 0.717) is 19.6 Å². The molecule has 0 aromatic carbocycles. The Morgan fingerprint density at radius 1 is 1.08 bits per heavy atom. The van der Waals surface area contributed by atoms with E-state index in [1.54, 1.807) is 0 Å². The molecule has 0 N–H and O–H groups in total. The first kappa shape index (κ1) is 27.7. The summed E-state index contributed by atoms with van der Waals surface area (Å²) in [4.78, 5) is 16.6. The van der Waals surface area contributed by atoms with Crippen LogP contribution in [-0.4, -0.2) is 56.0 Å². The monoisotopic (exact) mass is 578 g/mol. The SMILES string of the molecule is [CH2-]C(CO[C-](C)C)CN(CCN(C)C)C(=O)CCCCCCCC.[U+2]. The van der Waals surface area contributed by atoms with Gasteiger partial charge in [0, 0.05) is 19.5 Å². The Balaban J connectivity index is 0. The van der Waals surface area contributed by atoms with Crippen LogP contribution < -0.4 is 0 Å². The molecule has 0 aliphatic rings. The average Bonchev–Trinajstić information content (AvgIpc) is 2.52. The Kier molecular flexibility index (Phi) is 19.7. The molecular formula is C20H40N2O2U. The van der Waals surface area contributed by atoms with Gasteiger partial charge in [0.25, 0.3) is 0 Å². The molecule has 0 radical (unpaired) electrons. The quantitative estimate of drug-likeness (QED) is 0.216. The summed E-state index contributed by atoms with van der Waals surface area (Å²) in [7, 11) is 4.08. The van der Waals surface area contributed by atoms with Gasteiger partial charge in [-0.05, 0) is 33.7 Å². The van der Waals surface area contributed by atoms with Gasteiger partial charge in [-0.1, -0.05) is 39.0 Å². The molecule has 0 heterocycles. The van der Waals surface area contributed by atoms with Gasteiger partial charge in [0.05, 0.1) is 0 Å². The zero-order valence-electron chi connectivity index (χ0n) is 17.3. The maximum absolute atomic E-state index is 12.6. The van der Waals surface area contributed by atoms with Gasteiger partial charge in [0.2, 0.25) is 5.91 Å². The summed E-state index contributed by atoms with van der Waals surface area (Å²) in [6, 6.07) is 0. The summed E-state index contributed by atoms with van der Waals surface area (Å²) < 4.78 is 5.55. The largest absolute Gasteiger partial charge is 2.00 e. The predicted molar refractivity (Wildman–Crippen MR) is 103 cm³/mol. The molecule has 0 aliphatic carbocycles. The Morgan fingerprint density at radius 3 is 2.24 bits per heavy atom. The average molecular weight is 579 g/mol. The van der Waals surface area contributed by atoms with E-state index in [1.807, 2.05) is 32.8 Å². The van der Waals surface area contributed by atoms with Crippen LogP contribution in [0.3, 0.4) is 0 Å².